The first-order chi connectivity index (χ1) is 12.2. The fraction of sp³-hybridized carbons (Fsp3) is 0.389. The summed E-state index contributed by atoms with van der Waals surface area (Å²) in [5.74, 6) is 1.28. The third kappa shape index (κ3) is 3.35. The van der Waals surface area contributed by atoms with Crippen molar-refractivity contribution in [2.24, 2.45) is 7.05 Å². The molecule has 4 rings (SSSR count). The molecule has 1 fully saturated rings. The molecule has 1 aromatic carbocycles. The molecule has 1 aliphatic rings. The Labute approximate surface area is 146 Å². The first-order valence-electron chi connectivity index (χ1n) is 8.64. The van der Waals surface area contributed by atoms with Gasteiger partial charge in [-0.15, -0.1) is 0 Å². The third-order valence-corrected chi connectivity index (χ3v) is 4.75. The average molecular weight is 338 g/mol. The smallest absolute Gasteiger partial charge is 0.317 e. The lowest BCUT2D eigenvalue weighted by molar-refractivity contribution is 0.208. The van der Waals surface area contributed by atoms with Crippen LogP contribution in [0.5, 0.6) is 0 Å². The number of nitrogens with zero attached hydrogens (tertiary/aromatic N) is 4. The Morgan fingerprint density at radius 2 is 2.28 bits per heavy atom. The number of aromatic nitrogens is 4. The summed E-state index contributed by atoms with van der Waals surface area (Å²) in [6, 6.07) is 7.95. The van der Waals surface area contributed by atoms with Crippen molar-refractivity contribution in [2.75, 3.05) is 19.6 Å². The van der Waals surface area contributed by atoms with Crippen LogP contribution >= 0.6 is 0 Å². The second-order valence-corrected chi connectivity index (χ2v) is 6.56. The van der Waals surface area contributed by atoms with Gasteiger partial charge in [-0.2, -0.15) is 5.10 Å². The van der Waals surface area contributed by atoms with Crippen molar-refractivity contribution in [3.8, 4) is 0 Å². The van der Waals surface area contributed by atoms with Crippen molar-refractivity contribution in [1.29, 1.82) is 0 Å². The normalized spacial score (nSPS) is 17.3. The maximum absolute atomic E-state index is 12.4. The van der Waals surface area contributed by atoms with E-state index in [2.05, 4.69) is 20.4 Å². The predicted molar refractivity (Wildman–Crippen MR) is 95.3 cm³/mol. The molecule has 0 bridgehead atoms. The summed E-state index contributed by atoms with van der Waals surface area (Å²) in [6.45, 7) is 2.12. The molecule has 0 saturated carbocycles. The maximum atomic E-state index is 12.4. The summed E-state index contributed by atoms with van der Waals surface area (Å²) < 4.78 is 1.81. The third-order valence-electron chi connectivity index (χ3n) is 4.75. The van der Waals surface area contributed by atoms with E-state index in [1.165, 1.54) is 5.56 Å². The van der Waals surface area contributed by atoms with Crippen LogP contribution in [0.3, 0.4) is 0 Å². The highest BCUT2D eigenvalue weighted by atomic mass is 16.2. The van der Waals surface area contributed by atoms with Crippen LogP contribution < -0.4 is 5.32 Å². The number of nitrogens with one attached hydrogen (secondary N) is 2. The first kappa shape index (κ1) is 15.7. The fourth-order valence-corrected chi connectivity index (χ4v) is 3.39. The molecule has 0 spiro atoms. The maximum Gasteiger partial charge on any atom is 0.317 e. The standard InChI is InChI=1S/C18H22N6O/c1-23-11-14(10-20-23)13-7-9-24(12-13)18(25)19-8-6-17-21-15-4-2-3-5-16(15)22-17/h2-5,10-11,13H,6-9,12H2,1H3,(H,19,25)(H,21,22)/t13-/m1/s1. The SMILES string of the molecule is Cn1cc([C@@H]2CCN(C(=O)NCCc3nc4ccccc4[nH]3)C2)cn1. The molecule has 3 heterocycles. The number of hydrogen-bond donors (Lipinski definition) is 2. The molecular formula is C18H22N6O. The minimum absolute atomic E-state index is 0.00232. The minimum atomic E-state index is 0.00232. The number of hydrogen-bond acceptors (Lipinski definition) is 3. The highest BCUT2D eigenvalue weighted by molar-refractivity contribution is 5.75. The molecule has 0 unspecified atom stereocenters. The minimum Gasteiger partial charge on any atom is -0.342 e. The quantitative estimate of drug-likeness (QED) is 0.764. The molecule has 25 heavy (non-hydrogen) atoms. The average Bonchev–Trinajstić information content (AvgIpc) is 3.32. The summed E-state index contributed by atoms with van der Waals surface area (Å²) in [7, 11) is 1.92. The molecule has 2 N–H and O–H groups in total. The van der Waals surface area contributed by atoms with Gasteiger partial charge in [-0.25, -0.2) is 9.78 Å². The zero-order valence-electron chi connectivity index (χ0n) is 14.3. The highest BCUT2D eigenvalue weighted by Crippen LogP contribution is 2.26. The van der Waals surface area contributed by atoms with Crippen LogP contribution in [-0.2, 0) is 13.5 Å². The van der Waals surface area contributed by atoms with Crippen molar-refractivity contribution in [2.45, 2.75) is 18.8 Å². The van der Waals surface area contributed by atoms with Crippen LogP contribution in [0.4, 0.5) is 4.79 Å². The van der Waals surface area contributed by atoms with Gasteiger partial charge in [0.1, 0.15) is 5.82 Å². The van der Waals surface area contributed by atoms with Crippen molar-refractivity contribution >= 4 is 17.1 Å². The van der Waals surface area contributed by atoms with Crippen LogP contribution in [-0.4, -0.2) is 50.3 Å². The Hall–Kier alpha value is -2.83. The molecule has 3 aromatic rings. The van der Waals surface area contributed by atoms with Gasteiger partial charge in [-0.05, 0) is 24.1 Å². The Morgan fingerprint density at radius 1 is 1.40 bits per heavy atom. The predicted octanol–water partition coefficient (Wildman–Crippen LogP) is 2.04. The molecule has 0 aliphatic carbocycles. The summed E-state index contributed by atoms with van der Waals surface area (Å²) in [4.78, 5) is 22.1. The second kappa shape index (κ2) is 6.58. The lowest BCUT2D eigenvalue weighted by Gasteiger charge is -2.17. The van der Waals surface area contributed by atoms with E-state index < -0.39 is 0 Å². The number of imidazole rings is 1. The van der Waals surface area contributed by atoms with Crippen molar-refractivity contribution in [3.63, 3.8) is 0 Å². The van der Waals surface area contributed by atoms with E-state index in [9.17, 15) is 4.79 Å². The van der Waals surface area contributed by atoms with Crippen LogP contribution in [0.1, 0.15) is 23.7 Å². The van der Waals surface area contributed by atoms with Gasteiger partial charge in [0.2, 0.25) is 0 Å². The van der Waals surface area contributed by atoms with E-state index in [1.807, 2.05) is 53.3 Å². The Bertz CT molecular complexity index is 849. The summed E-state index contributed by atoms with van der Waals surface area (Å²) in [5.41, 5.74) is 3.20. The lowest BCUT2D eigenvalue weighted by atomic mass is 10.0. The number of likely N-dealkylation sites (tertiary alicyclic amines) is 1. The summed E-state index contributed by atoms with van der Waals surface area (Å²) >= 11 is 0. The van der Waals surface area contributed by atoms with E-state index in [0.29, 0.717) is 18.9 Å². The van der Waals surface area contributed by atoms with E-state index >= 15 is 0 Å². The van der Waals surface area contributed by atoms with E-state index in [-0.39, 0.29) is 6.03 Å². The monoisotopic (exact) mass is 338 g/mol. The first-order valence-corrected chi connectivity index (χ1v) is 8.64. The molecule has 7 heteroatoms. The number of H-pyrrole nitrogens is 1. The van der Waals surface area contributed by atoms with Crippen LogP contribution in [0.15, 0.2) is 36.7 Å². The van der Waals surface area contributed by atoms with Gasteiger partial charge in [-0.3, -0.25) is 4.68 Å². The Morgan fingerprint density at radius 3 is 3.08 bits per heavy atom. The van der Waals surface area contributed by atoms with Gasteiger partial charge >= 0.3 is 6.03 Å². The molecule has 7 nitrogen and oxygen atoms in total. The zero-order valence-corrected chi connectivity index (χ0v) is 14.3. The largest absolute Gasteiger partial charge is 0.342 e. The molecular weight excluding hydrogens is 316 g/mol. The molecule has 0 radical (unpaired) electrons. The van der Waals surface area contributed by atoms with Crippen LogP contribution in [0.2, 0.25) is 0 Å². The number of carbonyl (C=O) groups is 1. The number of urea groups is 1. The van der Waals surface area contributed by atoms with Gasteiger partial charge in [0, 0.05) is 45.2 Å². The fourth-order valence-electron chi connectivity index (χ4n) is 3.39. The van der Waals surface area contributed by atoms with Gasteiger partial charge < -0.3 is 15.2 Å². The lowest BCUT2D eigenvalue weighted by Crippen LogP contribution is -2.39. The van der Waals surface area contributed by atoms with E-state index in [0.717, 1.165) is 36.4 Å². The van der Waals surface area contributed by atoms with Crippen molar-refractivity contribution in [1.82, 2.24) is 30.0 Å². The molecule has 2 aromatic heterocycles. The highest BCUT2D eigenvalue weighted by Gasteiger charge is 2.27. The molecule has 130 valence electrons. The molecule has 1 aliphatic heterocycles. The van der Waals surface area contributed by atoms with Gasteiger partial charge in [-0.1, -0.05) is 12.1 Å². The Kier molecular flexibility index (Phi) is 4.13. The van der Waals surface area contributed by atoms with E-state index in [1.54, 1.807) is 0 Å². The molecule has 2 amide bonds. The number of fused-ring (bicyclic) bond motifs is 1. The van der Waals surface area contributed by atoms with Gasteiger partial charge in [0.15, 0.2) is 0 Å². The number of aromatic amines is 1. The number of aryl methyl sites for hydroxylation is 1. The summed E-state index contributed by atoms with van der Waals surface area (Å²) in [5, 5.41) is 7.22. The van der Waals surface area contributed by atoms with Crippen LogP contribution in [0.25, 0.3) is 11.0 Å². The summed E-state index contributed by atoms with van der Waals surface area (Å²) in [6.07, 6.45) is 5.62. The van der Waals surface area contributed by atoms with E-state index in [4.69, 9.17) is 0 Å². The number of benzene rings is 1. The topological polar surface area (TPSA) is 78.8 Å². The number of amides is 2. The second-order valence-electron chi connectivity index (χ2n) is 6.56. The molecule has 1 atom stereocenters. The van der Waals surface area contributed by atoms with Gasteiger partial charge in [0.25, 0.3) is 0 Å². The molecule has 1 saturated heterocycles. The van der Waals surface area contributed by atoms with Gasteiger partial charge in [0.05, 0.1) is 17.2 Å². The van der Waals surface area contributed by atoms with Crippen molar-refractivity contribution in [3.05, 3.63) is 48.0 Å². The number of carbonyl (C=O) groups excluding carboxylic acids is 1. The Balaban J connectivity index is 1.28. The zero-order chi connectivity index (χ0) is 17.2. The van der Waals surface area contributed by atoms with Crippen molar-refractivity contribution < 1.29 is 4.79 Å². The number of para-hydroxylation sites is 2. The van der Waals surface area contributed by atoms with Crippen LogP contribution in [0, 0.1) is 0 Å². The number of rotatable bonds is 4.